The lowest BCUT2D eigenvalue weighted by atomic mass is 9.98. The van der Waals surface area contributed by atoms with Gasteiger partial charge in [-0.25, -0.2) is 0 Å². The first kappa shape index (κ1) is 15.1. The fourth-order valence-electron chi connectivity index (χ4n) is 2.78. The Morgan fingerprint density at radius 3 is 2.45 bits per heavy atom. The topological polar surface area (TPSA) is 26.0 Å². The number of benzene rings is 2. The van der Waals surface area contributed by atoms with Crippen LogP contribution in [0.1, 0.15) is 51.0 Å². The molecule has 1 nitrogen and oxygen atoms in total. The molecule has 0 spiro atoms. The van der Waals surface area contributed by atoms with Gasteiger partial charge in [-0.15, -0.1) is 0 Å². The van der Waals surface area contributed by atoms with Crippen molar-refractivity contribution in [1.82, 2.24) is 0 Å². The summed E-state index contributed by atoms with van der Waals surface area (Å²) in [6.45, 7) is 2.26. The second kappa shape index (κ2) is 8.06. The first-order valence-electron chi connectivity index (χ1n) is 8.03. The van der Waals surface area contributed by atoms with Gasteiger partial charge >= 0.3 is 0 Å². The number of rotatable bonds is 8. The van der Waals surface area contributed by atoms with Gasteiger partial charge < -0.3 is 5.73 Å². The first-order valence-corrected chi connectivity index (χ1v) is 8.03. The molecule has 20 heavy (non-hydrogen) atoms. The largest absolute Gasteiger partial charge is 0.327 e. The van der Waals surface area contributed by atoms with Gasteiger partial charge in [0.15, 0.2) is 0 Å². The lowest BCUT2D eigenvalue weighted by Gasteiger charge is -2.12. The van der Waals surface area contributed by atoms with Crippen LogP contribution in [0, 0.1) is 0 Å². The highest BCUT2D eigenvalue weighted by atomic mass is 14.6. The van der Waals surface area contributed by atoms with Crippen LogP contribution in [0.4, 0.5) is 0 Å². The molecule has 2 aromatic carbocycles. The minimum absolute atomic E-state index is 0.304. The van der Waals surface area contributed by atoms with E-state index in [1.807, 2.05) is 0 Å². The number of fused-ring (bicyclic) bond motifs is 1. The van der Waals surface area contributed by atoms with E-state index in [9.17, 15) is 0 Å². The summed E-state index contributed by atoms with van der Waals surface area (Å²) < 4.78 is 0. The number of hydrogen-bond acceptors (Lipinski definition) is 1. The second-order valence-electron chi connectivity index (χ2n) is 5.85. The molecular formula is C19H27N. The van der Waals surface area contributed by atoms with Gasteiger partial charge in [0.2, 0.25) is 0 Å². The van der Waals surface area contributed by atoms with Crippen LogP contribution in [-0.2, 0) is 6.42 Å². The van der Waals surface area contributed by atoms with Crippen LogP contribution in [-0.4, -0.2) is 6.04 Å². The van der Waals surface area contributed by atoms with Crippen molar-refractivity contribution in [2.75, 3.05) is 0 Å². The predicted octanol–water partition coefficient (Wildman–Crippen LogP) is 5.07. The van der Waals surface area contributed by atoms with Crippen LogP contribution in [0.2, 0.25) is 0 Å². The molecule has 1 atom stereocenters. The van der Waals surface area contributed by atoms with E-state index in [2.05, 4.69) is 49.4 Å². The van der Waals surface area contributed by atoms with Gasteiger partial charge in [-0.2, -0.15) is 0 Å². The van der Waals surface area contributed by atoms with Gasteiger partial charge in [0.1, 0.15) is 0 Å². The maximum atomic E-state index is 6.26. The van der Waals surface area contributed by atoms with Crippen molar-refractivity contribution in [2.45, 2.75) is 57.9 Å². The van der Waals surface area contributed by atoms with Crippen molar-refractivity contribution in [2.24, 2.45) is 5.73 Å². The third kappa shape index (κ3) is 4.64. The molecule has 0 radical (unpaired) electrons. The molecule has 0 amide bonds. The third-order valence-electron chi connectivity index (χ3n) is 3.99. The van der Waals surface area contributed by atoms with E-state index in [0.29, 0.717) is 6.04 Å². The molecule has 0 aromatic heterocycles. The zero-order valence-electron chi connectivity index (χ0n) is 12.6. The smallest absolute Gasteiger partial charge is 0.00793 e. The molecule has 0 fully saturated rings. The van der Waals surface area contributed by atoms with Crippen molar-refractivity contribution in [3.05, 3.63) is 48.0 Å². The van der Waals surface area contributed by atoms with Crippen LogP contribution in [0.3, 0.4) is 0 Å². The van der Waals surface area contributed by atoms with Crippen LogP contribution in [0.25, 0.3) is 10.8 Å². The fourth-order valence-corrected chi connectivity index (χ4v) is 2.78. The van der Waals surface area contributed by atoms with Gasteiger partial charge in [0.25, 0.3) is 0 Å². The molecule has 0 aliphatic heterocycles. The standard InChI is InChI=1S/C19H27N/c1-2-3-4-5-6-11-19(20)15-16-12-13-17-9-7-8-10-18(17)14-16/h7-10,12-14,19H,2-6,11,15,20H2,1H3. The molecule has 108 valence electrons. The molecule has 0 saturated heterocycles. The van der Waals surface area contributed by atoms with Crippen LogP contribution >= 0.6 is 0 Å². The molecule has 0 aliphatic rings. The van der Waals surface area contributed by atoms with Crippen LogP contribution < -0.4 is 5.73 Å². The van der Waals surface area contributed by atoms with E-state index in [0.717, 1.165) is 12.8 Å². The van der Waals surface area contributed by atoms with Crippen LogP contribution in [0.5, 0.6) is 0 Å². The highest BCUT2D eigenvalue weighted by Crippen LogP contribution is 2.17. The Morgan fingerprint density at radius 2 is 1.65 bits per heavy atom. The summed E-state index contributed by atoms with van der Waals surface area (Å²) in [6.07, 6.45) is 8.78. The Labute approximate surface area is 123 Å². The second-order valence-corrected chi connectivity index (χ2v) is 5.85. The average molecular weight is 269 g/mol. The summed E-state index contributed by atoms with van der Waals surface area (Å²) in [5.41, 5.74) is 7.63. The quantitative estimate of drug-likeness (QED) is 0.665. The molecule has 2 aromatic rings. The van der Waals surface area contributed by atoms with E-state index < -0.39 is 0 Å². The normalized spacial score (nSPS) is 12.7. The van der Waals surface area contributed by atoms with Crippen molar-refractivity contribution in [1.29, 1.82) is 0 Å². The Hall–Kier alpha value is -1.34. The van der Waals surface area contributed by atoms with Crippen molar-refractivity contribution >= 4 is 10.8 Å². The molecule has 1 unspecified atom stereocenters. The zero-order chi connectivity index (χ0) is 14.2. The third-order valence-corrected chi connectivity index (χ3v) is 3.99. The van der Waals surface area contributed by atoms with Gasteiger partial charge in [0.05, 0.1) is 0 Å². The Kier molecular flexibility index (Phi) is 6.07. The Morgan fingerprint density at radius 1 is 0.900 bits per heavy atom. The van der Waals surface area contributed by atoms with E-state index in [1.165, 1.54) is 48.4 Å². The fraction of sp³-hybridized carbons (Fsp3) is 0.474. The SMILES string of the molecule is CCCCCCCC(N)Cc1ccc2ccccc2c1. The van der Waals surface area contributed by atoms with E-state index >= 15 is 0 Å². The molecule has 2 rings (SSSR count). The van der Waals surface area contributed by atoms with Crippen LogP contribution in [0.15, 0.2) is 42.5 Å². The Bertz CT molecular complexity index is 518. The summed E-state index contributed by atoms with van der Waals surface area (Å²) >= 11 is 0. The Balaban J connectivity index is 1.81. The monoisotopic (exact) mass is 269 g/mol. The zero-order valence-corrected chi connectivity index (χ0v) is 12.6. The molecule has 1 heteroatoms. The molecule has 0 heterocycles. The summed E-state index contributed by atoms with van der Waals surface area (Å²) in [7, 11) is 0. The summed E-state index contributed by atoms with van der Waals surface area (Å²) in [5.74, 6) is 0. The van der Waals surface area contributed by atoms with Gasteiger partial charge in [0, 0.05) is 6.04 Å². The number of unbranched alkanes of at least 4 members (excludes halogenated alkanes) is 4. The minimum Gasteiger partial charge on any atom is -0.327 e. The highest BCUT2D eigenvalue weighted by Gasteiger charge is 2.04. The first-order chi connectivity index (χ1) is 9.79. The van der Waals surface area contributed by atoms with Gasteiger partial charge in [-0.05, 0) is 29.2 Å². The highest BCUT2D eigenvalue weighted by molar-refractivity contribution is 5.82. The van der Waals surface area contributed by atoms with Crippen molar-refractivity contribution in [3.8, 4) is 0 Å². The number of nitrogens with two attached hydrogens (primary N) is 1. The van der Waals surface area contributed by atoms with E-state index in [4.69, 9.17) is 5.73 Å². The predicted molar refractivity (Wildman–Crippen MR) is 89.0 cm³/mol. The number of hydrogen-bond donors (Lipinski definition) is 1. The molecule has 0 bridgehead atoms. The molecule has 0 saturated carbocycles. The molecule has 2 N–H and O–H groups in total. The van der Waals surface area contributed by atoms with E-state index in [-0.39, 0.29) is 0 Å². The van der Waals surface area contributed by atoms with Crippen molar-refractivity contribution < 1.29 is 0 Å². The average Bonchev–Trinajstić information content (AvgIpc) is 2.47. The van der Waals surface area contributed by atoms with E-state index in [1.54, 1.807) is 0 Å². The lowest BCUT2D eigenvalue weighted by Crippen LogP contribution is -2.22. The minimum atomic E-state index is 0.304. The van der Waals surface area contributed by atoms with Crippen molar-refractivity contribution in [3.63, 3.8) is 0 Å². The summed E-state index contributed by atoms with van der Waals surface area (Å²) in [4.78, 5) is 0. The molecule has 0 aliphatic carbocycles. The lowest BCUT2D eigenvalue weighted by molar-refractivity contribution is 0.538. The maximum absolute atomic E-state index is 6.26. The van der Waals surface area contributed by atoms with Gasteiger partial charge in [-0.1, -0.05) is 81.5 Å². The molecular weight excluding hydrogens is 242 g/mol. The summed E-state index contributed by atoms with van der Waals surface area (Å²) in [6, 6.07) is 15.5. The summed E-state index contributed by atoms with van der Waals surface area (Å²) in [5, 5.41) is 2.63. The maximum Gasteiger partial charge on any atom is 0.00793 e. The van der Waals surface area contributed by atoms with Gasteiger partial charge in [-0.3, -0.25) is 0 Å².